The molecule has 0 aliphatic heterocycles. The maximum atomic E-state index is 8.64. The summed E-state index contributed by atoms with van der Waals surface area (Å²) < 4.78 is 0. The molecule has 90 valence electrons. The SMILES string of the molecule is CNc1cc(NCCCCCO)nc(C)n1. The summed E-state index contributed by atoms with van der Waals surface area (Å²) in [4.78, 5) is 8.50. The fourth-order valence-electron chi connectivity index (χ4n) is 1.42. The summed E-state index contributed by atoms with van der Waals surface area (Å²) in [5, 5.41) is 14.9. The van der Waals surface area contributed by atoms with Gasteiger partial charge >= 0.3 is 0 Å². The lowest BCUT2D eigenvalue weighted by Gasteiger charge is -2.07. The van der Waals surface area contributed by atoms with Gasteiger partial charge in [-0.15, -0.1) is 0 Å². The minimum Gasteiger partial charge on any atom is -0.396 e. The van der Waals surface area contributed by atoms with Crippen molar-refractivity contribution in [2.75, 3.05) is 30.8 Å². The molecule has 0 fully saturated rings. The van der Waals surface area contributed by atoms with Gasteiger partial charge < -0.3 is 15.7 Å². The van der Waals surface area contributed by atoms with Gasteiger partial charge in [-0.05, 0) is 26.2 Å². The highest BCUT2D eigenvalue weighted by atomic mass is 16.2. The lowest BCUT2D eigenvalue weighted by Crippen LogP contribution is -2.06. The van der Waals surface area contributed by atoms with E-state index in [-0.39, 0.29) is 6.61 Å². The number of nitrogens with one attached hydrogen (secondary N) is 2. The Labute approximate surface area is 96.3 Å². The quantitative estimate of drug-likeness (QED) is 0.611. The lowest BCUT2D eigenvalue weighted by molar-refractivity contribution is 0.283. The van der Waals surface area contributed by atoms with Crippen molar-refractivity contribution in [2.24, 2.45) is 0 Å². The molecule has 5 heteroatoms. The van der Waals surface area contributed by atoms with Crippen LogP contribution in [0.25, 0.3) is 0 Å². The van der Waals surface area contributed by atoms with Crippen LogP contribution in [0.5, 0.6) is 0 Å². The van der Waals surface area contributed by atoms with E-state index < -0.39 is 0 Å². The van der Waals surface area contributed by atoms with E-state index in [9.17, 15) is 0 Å². The van der Waals surface area contributed by atoms with Gasteiger partial charge in [0.1, 0.15) is 17.5 Å². The van der Waals surface area contributed by atoms with Gasteiger partial charge in [-0.1, -0.05) is 0 Å². The molecule has 1 aromatic heterocycles. The number of aryl methyl sites for hydroxylation is 1. The monoisotopic (exact) mass is 224 g/mol. The van der Waals surface area contributed by atoms with Crippen molar-refractivity contribution < 1.29 is 5.11 Å². The number of anilines is 2. The standard InChI is InChI=1S/C11H20N4O/c1-9-14-10(12-2)8-11(15-9)13-6-4-3-5-7-16/h8,16H,3-7H2,1-2H3,(H2,12,13,14,15). The van der Waals surface area contributed by atoms with E-state index in [0.717, 1.165) is 43.3 Å². The van der Waals surface area contributed by atoms with Gasteiger partial charge in [-0.25, -0.2) is 9.97 Å². The summed E-state index contributed by atoms with van der Waals surface area (Å²) in [6, 6.07) is 1.89. The average molecular weight is 224 g/mol. The molecule has 0 aliphatic rings. The van der Waals surface area contributed by atoms with Gasteiger partial charge in [-0.2, -0.15) is 0 Å². The molecule has 1 rings (SSSR count). The predicted octanol–water partition coefficient (Wildman–Crippen LogP) is 1.40. The van der Waals surface area contributed by atoms with Crippen LogP contribution in [0.1, 0.15) is 25.1 Å². The molecule has 0 spiro atoms. The first-order valence-electron chi connectivity index (χ1n) is 5.64. The van der Waals surface area contributed by atoms with Crippen LogP contribution in [0.4, 0.5) is 11.6 Å². The number of aliphatic hydroxyl groups is 1. The first kappa shape index (κ1) is 12.7. The number of aliphatic hydroxyl groups excluding tert-OH is 1. The van der Waals surface area contributed by atoms with E-state index in [1.807, 2.05) is 20.0 Å². The summed E-state index contributed by atoms with van der Waals surface area (Å²) in [5.41, 5.74) is 0. The van der Waals surface area contributed by atoms with Crippen LogP contribution in [0, 0.1) is 6.92 Å². The molecule has 5 nitrogen and oxygen atoms in total. The summed E-state index contributed by atoms with van der Waals surface area (Å²) in [5.74, 6) is 2.43. The molecule has 0 aromatic carbocycles. The van der Waals surface area contributed by atoms with Crippen molar-refractivity contribution in [3.8, 4) is 0 Å². The largest absolute Gasteiger partial charge is 0.396 e. The second-order valence-electron chi connectivity index (χ2n) is 3.65. The summed E-state index contributed by atoms with van der Waals surface area (Å²) in [7, 11) is 1.84. The Morgan fingerprint density at radius 3 is 2.62 bits per heavy atom. The van der Waals surface area contributed by atoms with Crippen LogP contribution < -0.4 is 10.6 Å². The highest BCUT2D eigenvalue weighted by molar-refractivity contribution is 5.46. The molecule has 0 bridgehead atoms. The third kappa shape index (κ3) is 4.44. The van der Waals surface area contributed by atoms with Gasteiger partial charge in [-0.3, -0.25) is 0 Å². The van der Waals surface area contributed by atoms with Crippen molar-refractivity contribution in [1.29, 1.82) is 0 Å². The number of hydrogen-bond donors (Lipinski definition) is 3. The van der Waals surface area contributed by atoms with Crippen LogP contribution in [-0.4, -0.2) is 35.3 Å². The normalized spacial score (nSPS) is 10.2. The Balaban J connectivity index is 2.38. The fraction of sp³-hybridized carbons (Fsp3) is 0.636. The predicted molar refractivity (Wildman–Crippen MR) is 65.7 cm³/mol. The molecule has 0 amide bonds. The molecule has 1 aromatic rings. The molecule has 0 atom stereocenters. The number of unbranched alkanes of at least 4 members (excludes halogenated alkanes) is 2. The van der Waals surface area contributed by atoms with Crippen LogP contribution in [0.15, 0.2) is 6.07 Å². The Kier molecular flexibility index (Phi) is 5.56. The molecule has 0 saturated carbocycles. The molecule has 3 N–H and O–H groups in total. The van der Waals surface area contributed by atoms with Gasteiger partial charge in [0.15, 0.2) is 0 Å². The van der Waals surface area contributed by atoms with Gasteiger partial charge in [0, 0.05) is 26.3 Å². The molecule has 1 heterocycles. The second-order valence-corrected chi connectivity index (χ2v) is 3.65. The fourth-order valence-corrected chi connectivity index (χ4v) is 1.42. The molecule has 0 unspecified atom stereocenters. The number of aromatic nitrogens is 2. The zero-order chi connectivity index (χ0) is 11.8. The number of hydrogen-bond acceptors (Lipinski definition) is 5. The Hall–Kier alpha value is -1.36. The van der Waals surface area contributed by atoms with E-state index in [1.54, 1.807) is 0 Å². The highest BCUT2D eigenvalue weighted by Crippen LogP contribution is 2.10. The van der Waals surface area contributed by atoms with Gasteiger partial charge in [0.25, 0.3) is 0 Å². The van der Waals surface area contributed by atoms with Gasteiger partial charge in [0.05, 0.1) is 0 Å². The maximum absolute atomic E-state index is 8.64. The van der Waals surface area contributed by atoms with Crippen molar-refractivity contribution in [2.45, 2.75) is 26.2 Å². The molecule has 0 aliphatic carbocycles. The minimum atomic E-state index is 0.274. The van der Waals surface area contributed by atoms with E-state index >= 15 is 0 Å². The number of rotatable bonds is 7. The third-order valence-corrected chi connectivity index (χ3v) is 2.24. The molecular weight excluding hydrogens is 204 g/mol. The van der Waals surface area contributed by atoms with Crippen molar-refractivity contribution >= 4 is 11.6 Å². The van der Waals surface area contributed by atoms with Crippen molar-refractivity contribution in [3.05, 3.63) is 11.9 Å². The molecule has 0 saturated heterocycles. The topological polar surface area (TPSA) is 70.1 Å². The summed E-state index contributed by atoms with van der Waals surface area (Å²) >= 11 is 0. The van der Waals surface area contributed by atoms with E-state index in [2.05, 4.69) is 20.6 Å². The van der Waals surface area contributed by atoms with E-state index in [1.165, 1.54) is 0 Å². The zero-order valence-electron chi connectivity index (χ0n) is 9.95. The second kappa shape index (κ2) is 7.00. The average Bonchev–Trinajstić information content (AvgIpc) is 2.28. The van der Waals surface area contributed by atoms with Crippen LogP contribution in [0.3, 0.4) is 0 Å². The molecule has 16 heavy (non-hydrogen) atoms. The summed E-state index contributed by atoms with van der Waals surface area (Å²) in [6.07, 6.45) is 2.94. The van der Waals surface area contributed by atoms with Crippen LogP contribution >= 0.6 is 0 Å². The summed E-state index contributed by atoms with van der Waals surface area (Å²) in [6.45, 7) is 3.02. The molecular formula is C11H20N4O. The van der Waals surface area contributed by atoms with Crippen molar-refractivity contribution in [1.82, 2.24) is 9.97 Å². The van der Waals surface area contributed by atoms with E-state index in [0.29, 0.717) is 0 Å². The van der Waals surface area contributed by atoms with Crippen LogP contribution in [0.2, 0.25) is 0 Å². The van der Waals surface area contributed by atoms with Crippen LogP contribution in [-0.2, 0) is 0 Å². The Morgan fingerprint density at radius 1 is 1.19 bits per heavy atom. The smallest absolute Gasteiger partial charge is 0.131 e. The first-order chi connectivity index (χ1) is 7.76. The third-order valence-electron chi connectivity index (χ3n) is 2.24. The van der Waals surface area contributed by atoms with E-state index in [4.69, 9.17) is 5.11 Å². The van der Waals surface area contributed by atoms with Gasteiger partial charge in [0.2, 0.25) is 0 Å². The maximum Gasteiger partial charge on any atom is 0.131 e. The van der Waals surface area contributed by atoms with Crippen molar-refractivity contribution in [3.63, 3.8) is 0 Å². The highest BCUT2D eigenvalue weighted by Gasteiger charge is 1.99. The zero-order valence-corrected chi connectivity index (χ0v) is 9.95. The minimum absolute atomic E-state index is 0.274. The lowest BCUT2D eigenvalue weighted by atomic mass is 10.2. The Bertz CT molecular complexity index is 317. The number of nitrogens with zero attached hydrogens (tertiary/aromatic N) is 2. The first-order valence-corrected chi connectivity index (χ1v) is 5.64. The molecule has 0 radical (unpaired) electrons. The Morgan fingerprint density at radius 2 is 1.94 bits per heavy atom.